The Morgan fingerprint density at radius 1 is 1.36 bits per heavy atom. The molecule has 0 fully saturated rings. The Bertz CT molecular complexity index is 99.7. The molecule has 0 aliphatic carbocycles. The van der Waals surface area contributed by atoms with Crippen LogP contribution in [0.3, 0.4) is 0 Å². The number of rotatable bonds is 6. The van der Waals surface area contributed by atoms with Crippen LogP contribution in [-0.4, -0.2) is 16.3 Å². The van der Waals surface area contributed by atoms with E-state index in [4.69, 9.17) is 5.11 Å². The summed E-state index contributed by atoms with van der Waals surface area (Å²) in [5, 5.41) is 17.5. The van der Waals surface area contributed by atoms with Crippen LogP contribution in [0.25, 0.3) is 0 Å². The van der Waals surface area contributed by atoms with Gasteiger partial charge in [-0.25, -0.2) is 0 Å². The molecule has 0 radical (unpaired) electrons. The van der Waals surface area contributed by atoms with E-state index in [1.165, 1.54) is 12.8 Å². The standard InChI is InChI=1S/C9H18O2/c1-2-3-4-6-9(11)7-5-8-10/h5,8-11H,2-4,6-7H2,1H3. The van der Waals surface area contributed by atoms with Gasteiger partial charge in [-0.15, -0.1) is 0 Å². The zero-order chi connectivity index (χ0) is 8.53. The van der Waals surface area contributed by atoms with Crippen molar-refractivity contribution in [1.82, 2.24) is 0 Å². The van der Waals surface area contributed by atoms with Crippen LogP contribution in [-0.2, 0) is 0 Å². The van der Waals surface area contributed by atoms with Gasteiger partial charge in [0.2, 0.25) is 0 Å². The van der Waals surface area contributed by atoms with E-state index in [0.29, 0.717) is 6.42 Å². The van der Waals surface area contributed by atoms with Gasteiger partial charge in [0, 0.05) is 0 Å². The Labute approximate surface area is 68.6 Å². The van der Waals surface area contributed by atoms with Crippen molar-refractivity contribution in [1.29, 1.82) is 0 Å². The van der Waals surface area contributed by atoms with Crippen molar-refractivity contribution in [3.8, 4) is 0 Å². The molecule has 0 rings (SSSR count). The molecule has 0 aromatic rings. The van der Waals surface area contributed by atoms with E-state index >= 15 is 0 Å². The molecule has 2 nitrogen and oxygen atoms in total. The van der Waals surface area contributed by atoms with Gasteiger partial charge in [0.15, 0.2) is 0 Å². The van der Waals surface area contributed by atoms with Crippen LogP contribution in [0.4, 0.5) is 0 Å². The number of aliphatic hydroxyl groups is 2. The Hall–Kier alpha value is -0.500. The summed E-state index contributed by atoms with van der Waals surface area (Å²) in [4.78, 5) is 0. The van der Waals surface area contributed by atoms with Crippen LogP contribution >= 0.6 is 0 Å². The quantitative estimate of drug-likeness (QED) is 0.460. The lowest BCUT2D eigenvalue weighted by Crippen LogP contribution is -2.03. The molecule has 0 spiro atoms. The lowest BCUT2D eigenvalue weighted by atomic mass is 10.1. The first kappa shape index (κ1) is 10.5. The molecule has 0 heterocycles. The zero-order valence-corrected chi connectivity index (χ0v) is 7.16. The van der Waals surface area contributed by atoms with Crippen LogP contribution < -0.4 is 0 Å². The summed E-state index contributed by atoms with van der Waals surface area (Å²) in [5.41, 5.74) is 0. The van der Waals surface area contributed by atoms with Gasteiger partial charge in [-0.1, -0.05) is 26.2 Å². The fraction of sp³-hybridized carbons (Fsp3) is 0.778. The maximum Gasteiger partial charge on any atom is 0.0752 e. The van der Waals surface area contributed by atoms with Crippen molar-refractivity contribution >= 4 is 0 Å². The normalized spacial score (nSPS) is 14.0. The molecule has 66 valence electrons. The van der Waals surface area contributed by atoms with E-state index in [2.05, 4.69) is 6.92 Å². The van der Waals surface area contributed by atoms with Crippen LogP contribution in [0, 0.1) is 0 Å². The van der Waals surface area contributed by atoms with Gasteiger partial charge in [-0.05, 0) is 18.9 Å². The molecule has 2 heteroatoms. The molecule has 1 atom stereocenters. The van der Waals surface area contributed by atoms with Crippen molar-refractivity contribution in [2.75, 3.05) is 0 Å². The highest BCUT2D eigenvalue weighted by molar-refractivity contribution is 4.75. The average Bonchev–Trinajstić information content (AvgIpc) is 2.01. The Morgan fingerprint density at radius 2 is 2.09 bits per heavy atom. The first-order valence-electron chi connectivity index (χ1n) is 4.28. The highest BCUT2D eigenvalue weighted by atomic mass is 16.3. The summed E-state index contributed by atoms with van der Waals surface area (Å²) in [6, 6.07) is 0. The minimum absolute atomic E-state index is 0.273. The third-order valence-electron chi connectivity index (χ3n) is 1.65. The van der Waals surface area contributed by atoms with Gasteiger partial charge in [0.1, 0.15) is 0 Å². The smallest absolute Gasteiger partial charge is 0.0752 e. The number of hydrogen-bond donors (Lipinski definition) is 2. The molecule has 0 aromatic heterocycles. The summed E-state index contributed by atoms with van der Waals surface area (Å²) in [5.74, 6) is 0. The van der Waals surface area contributed by atoms with E-state index in [9.17, 15) is 5.11 Å². The van der Waals surface area contributed by atoms with Gasteiger partial charge >= 0.3 is 0 Å². The molecule has 0 bridgehead atoms. The number of unbranched alkanes of at least 4 members (excludes halogenated alkanes) is 2. The second-order valence-corrected chi connectivity index (χ2v) is 2.77. The van der Waals surface area contributed by atoms with E-state index in [1.807, 2.05) is 0 Å². The SMILES string of the molecule is CCCCCC(O)CC=CO. The van der Waals surface area contributed by atoms with Gasteiger partial charge in [-0.3, -0.25) is 0 Å². The third kappa shape index (κ3) is 7.40. The van der Waals surface area contributed by atoms with Crippen molar-refractivity contribution in [2.24, 2.45) is 0 Å². The Morgan fingerprint density at radius 3 is 2.64 bits per heavy atom. The predicted molar refractivity (Wildman–Crippen MR) is 46.5 cm³/mol. The highest BCUT2D eigenvalue weighted by Crippen LogP contribution is 2.06. The third-order valence-corrected chi connectivity index (χ3v) is 1.65. The molecule has 0 saturated heterocycles. The van der Waals surface area contributed by atoms with E-state index < -0.39 is 0 Å². The predicted octanol–water partition coefficient (Wildman–Crippen LogP) is 2.39. The minimum Gasteiger partial charge on any atom is -0.516 e. The summed E-state index contributed by atoms with van der Waals surface area (Å²) in [6.45, 7) is 2.14. The van der Waals surface area contributed by atoms with Crippen LogP contribution in [0.1, 0.15) is 39.0 Å². The number of hydrogen-bond acceptors (Lipinski definition) is 2. The van der Waals surface area contributed by atoms with E-state index in [1.54, 1.807) is 6.08 Å². The van der Waals surface area contributed by atoms with Gasteiger partial charge in [-0.2, -0.15) is 0 Å². The van der Waals surface area contributed by atoms with Crippen LogP contribution in [0.15, 0.2) is 12.3 Å². The van der Waals surface area contributed by atoms with Gasteiger partial charge in [0.05, 0.1) is 12.4 Å². The largest absolute Gasteiger partial charge is 0.516 e. The van der Waals surface area contributed by atoms with Crippen LogP contribution in [0.2, 0.25) is 0 Å². The second kappa shape index (κ2) is 7.61. The first-order valence-corrected chi connectivity index (χ1v) is 4.28. The lowest BCUT2D eigenvalue weighted by molar-refractivity contribution is 0.163. The summed E-state index contributed by atoms with van der Waals surface area (Å²) >= 11 is 0. The molecule has 0 aromatic carbocycles. The fourth-order valence-corrected chi connectivity index (χ4v) is 0.966. The summed E-state index contributed by atoms with van der Waals surface area (Å²) in [6.07, 6.45) is 7.15. The highest BCUT2D eigenvalue weighted by Gasteiger charge is 1.99. The zero-order valence-electron chi connectivity index (χ0n) is 7.16. The Kier molecular flexibility index (Phi) is 7.26. The van der Waals surface area contributed by atoms with Gasteiger partial charge < -0.3 is 10.2 Å². The molecule has 0 aliphatic rings. The monoisotopic (exact) mass is 158 g/mol. The van der Waals surface area contributed by atoms with Crippen LogP contribution in [0.5, 0.6) is 0 Å². The maximum atomic E-state index is 9.24. The van der Waals surface area contributed by atoms with Crippen molar-refractivity contribution in [3.63, 3.8) is 0 Å². The number of aliphatic hydroxyl groups excluding tert-OH is 2. The van der Waals surface area contributed by atoms with Crippen molar-refractivity contribution < 1.29 is 10.2 Å². The first-order chi connectivity index (χ1) is 5.31. The second-order valence-electron chi connectivity index (χ2n) is 2.77. The fourth-order valence-electron chi connectivity index (χ4n) is 0.966. The van der Waals surface area contributed by atoms with E-state index in [-0.39, 0.29) is 6.10 Å². The van der Waals surface area contributed by atoms with Gasteiger partial charge in [0.25, 0.3) is 0 Å². The lowest BCUT2D eigenvalue weighted by Gasteiger charge is -2.05. The molecular weight excluding hydrogens is 140 g/mol. The molecule has 0 saturated carbocycles. The minimum atomic E-state index is -0.273. The topological polar surface area (TPSA) is 40.5 Å². The van der Waals surface area contributed by atoms with Crippen molar-refractivity contribution in [2.45, 2.75) is 45.1 Å². The maximum absolute atomic E-state index is 9.24. The molecular formula is C9H18O2. The summed E-state index contributed by atoms with van der Waals surface area (Å²) < 4.78 is 0. The van der Waals surface area contributed by atoms with Crippen molar-refractivity contribution in [3.05, 3.63) is 12.3 Å². The summed E-state index contributed by atoms with van der Waals surface area (Å²) in [7, 11) is 0. The molecule has 2 N–H and O–H groups in total. The Balaban J connectivity index is 3.15. The molecule has 0 aliphatic heterocycles. The average molecular weight is 158 g/mol. The molecule has 11 heavy (non-hydrogen) atoms. The molecule has 0 amide bonds. The molecule has 1 unspecified atom stereocenters. The van der Waals surface area contributed by atoms with E-state index in [0.717, 1.165) is 19.1 Å².